The Hall–Kier alpha value is -1.39. The second-order valence-electron chi connectivity index (χ2n) is 5.71. The van der Waals surface area contributed by atoms with Crippen molar-refractivity contribution in [2.24, 2.45) is 0 Å². The van der Waals surface area contributed by atoms with Crippen molar-refractivity contribution in [3.63, 3.8) is 0 Å². The van der Waals surface area contributed by atoms with Gasteiger partial charge in [0.2, 0.25) is 0 Å². The SMILES string of the molecule is COC(=O)C1(N2CCNCC2)CCc2ccccc2C1. The number of nitrogens with one attached hydrogen (secondary N) is 1. The van der Waals surface area contributed by atoms with E-state index in [9.17, 15) is 4.79 Å². The highest BCUT2D eigenvalue weighted by Crippen LogP contribution is 2.34. The Morgan fingerprint density at radius 1 is 1.25 bits per heavy atom. The smallest absolute Gasteiger partial charge is 0.326 e. The van der Waals surface area contributed by atoms with Gasteiger partial charge in [0, 0.05) is 32.6 Å². The molecule has 4 nitrogen and oxygen atoms in total. The molecule has 0 bridgehead atoms. The normalized spacial score (nSPS) is 26.9. The van der Waals surface area contributed by atoms with Crippen LogP contribution in [0.5, 0.6) is 0 Å². The van der Waals surface area contributed by atoms with Crippen molar-refractivity contribution in [2.75, 3.05) is 33.3 Å². The summed E-state index contributed by atoms with van der Waals surface area (Å²) in [6.45, 7) is 3.72. The van der Waals surface area contributed by atoms with Crippen molar-refractivity contribution in [1.82, 2.24) is 10.2 Å². The monoisotopic (exact) mass is 274 g/mol. The number of ether oxygens (including phenoxy) is 1. The topological polar surface area (TPSA) is 41.6 Å². The van der Waals surface area contributed by atoms with Crippen molar-refractivity contribution >= 4 is 5.97 Å². The molecule has 1 saturated heterocycles. The van der Waals surface area contributed by atoms with Crippen LogP contribution in [0.1, 0.15) is 17.5 Å². The lowest BCUT2D eigenvalue weighted by atomic mass is 9.76. The number of hydrogen-bond donors (Lipinski definition) is 1. The summed E-state index contributed by atoms with van der Waals surface area (Å²) in [5.41, 5.74) is 2.20. The molecule has 0 spiro atoms. The minimum atomic E-state index is -0.467. The lowest BCUT2D eigenvalue weighted by Gasteiger charge is -2.46. The van der Waals surface area contributed by atoms with E-state index in [1.165, 1.54) is 18.2 Å². The van der Waals surface area contributed by atoms with E-state index in [0.717, 1.165) is 45.4 Å². The predicted molar refractivity (Wildman–Crippen MR) is 77.7 cm³/mol. The molecule has 1 unspecified atom stereocenters. The second-order valence-corrected chi connectivity index (χ2v) is 5.71. The number of piperazine rings is 1. The Labute approximate surface area is 120 Å². The second kappa shape index (κ2) is 5.54. The van der Waals surface area contributed by atoms with Crippen LogP contribution in [-0.2, 0) is 22.4 Å². The Morgan fingerprint density at radius 2 is 1.95 bits per heavy atom. The van der Waals surface area contributed by atoms with Crippen LogP contribution < -0.4 is 5.32 Å². The van der Waals surface area contributed by atoms with E-state index in [-0.39, 0.29) is 5.97 Å². The van der Waals surface area contributed by atoms with Gasteiger partial charge in [-0.25, -0.2) is 0 Å². The molecule has 1 aliphatic heterocycles. The number of hydrogen-bond acceptors (Lipinski definition) is 4. The summed E-state index contributed by atoms with van der Waals surface area (Å²) < 4.78 is 5.16. The molecule has 0 amide bonds. The lowest BCUT2D eigenvalue weighted by molar-refractivity contribution is -0.157. The highest BCUT2D eigenvalue weighted by Gasteiger charge is 2.47. The number of benzene rings is 1. The molecule has 1 heterocycles. The molecule has 20 heavy (non-hydrogen) atoms. The fourth-order valence-electron chi connectivity index (χ4n) is 3.57. The quantitative estimate of drug-likeness (QED) is 0.817. The van der Waals surface area contributed by atoms with Gasteiger partial charge in [0.05, 0.1) is 7.11 Å². The molecule has 1 aromatic rings. The number of carbonyl (C=O) groups excluding carboxylic acids is 1. The number of fused-ring (bicyclic) bond motifs is 1. The Bertz CT molecular complexity index is 497. The minimum absolute atomic E-state index is 0.0751. The lowest BCUT2D eigenvalue weighted by Crippen LogP contribution is -2.62. The molecule has 2 aliphatic rings. The number of aryl methyl sites for hydroxylation is 1. The van der Waals surface area contributed by atoms with E-state index in [4.69, 9.17) is 4.74 Å². The zero-order valence-electron chi connectivity index (χ0n) is 12.0. The third-order valence-electron chi connectivity index (χ3n) is 4.70. The van der Waals surface area contributed by atoms with E-state index >= 15 is 0 Å². The average molecular weight is 274 g/mol. The molecule has 1 aromatic carbocycles. The zero-order valence-corrected chi connectivity index (χ0v) is 12.0. The molecule has 0 aromatic heterocycles. The fourth-order valence-corrected chi connectivity index (χ4v) is 3.57. The molecule has 1 fully saturated rings. The standard InChI is InChI=1S/C16H22N2O2/c1-20-15(19)16(18-10-8-17-9-11-18)7-6-13-4-2-3-5-14(13)12-16/h2-5,17H,6-12H2,1H3. The van der Waals surface area contributed by atoms with Crippen LogP contribution in [0.2, 0.25) is 0 Å². The van der Waals surface area contributed by atoms with Gasteiger partial charge in [-0.2, -0.15) is 0 Å². The third kappa shape index (κ3) is 2.23. The van der Waals surface area contributed by atoms with Crippen molar-refractivity contribution in [1.29, 1.82) is 0 Å². The number of rotatable bonds is 2. The Balaban J connectivity index is 1.94. The van der Waals surface area contributed by atoms with E-state index < -0.39 is 5.54 Å². The highest BCUT2D eigenvalue weighted by atomic mass is 16.5. The van der Waals surface area contributed by atoms with Gasteiger partial charge < -0.3 is 10.1 Å². The maximum atomic E-state index is 12.5. The molecular weight excluding hydrogens is 252 g/mol. The van der Waals surface area contributed by atoms with Crippen LogP contribution in [0, 0.1) is 0 Å². The van der Waals surface area contributed by atoms with Crippen LogP contribution in [0.25, 0.3) is 0 Å². The molecule has 3 rings (SSSR count). The van der Waals surface area contributed by atoms with Gasteiger partial charge >= 0.3 is 5.97 Å². The van der Waals surface area contributed by atoms with Gasteiger partial charge in [0.15, 0.2) is 0 Å². The van der Waals surface area contributed by atoms with Gasteiger partial charge in [-0.3, -0.25) is 9.69 Å². The Kier molecular flexibility index (Phi) is 3.76. The molecule has 0 radical (unpaired) electrons. The highest BCUT2D eigenvalue weighted by molar-refractivity contribution is 5.82. The first-order chi connectivity index (χ1) is 9.76. The molecule has 108 valence electrons. The summed E-state index contributed by atoms with van der Waals surface area (Å²) in [7, 11) is 1.51. The number of carbonyl (C=O) groups is 1. The van der Waals surface area contributed by atoms with Gasteiger partial charge in [0.25, 0.3) is 0 Å². The van der Waals surface area contributed by atoms with E-state index in [2.05, 4.69) is 34.5 Å². The van der Waals surface area contributed by atoms with Crippen LogP contribution in [0.3, 0.4) is 0 Å². The molecule has 4 heteroatoms. The maximum absolute atomic E-state index is 12.5. The van der Waals surface area contributed by atoms with Crippen LogP contribution in [-0.4, -0.2) is 49.7 Å². The number of esters is 1. The molecule has 1 atom stereocenters. The van der Waals surface area contributed by atoms with Crippen molar-refractivity contribution in [3.05, 3.63) is 35.4 Å². The van der Waals surface area contributed by atoms with Crippen LogP contribution in [0.4, 0.5) is 0 Å². The van der Waals surface area contributed by atoms with Crippen molar-refractivity contribution in [2.45, 2.75) is 24.8 Å². The van der Waals surface area contributed by atoms with Crippen LogP contribution in [0.15, 0.2) is 24.3 Å². The van der Waals surface area contributed by atoms with E-state index in [1.807, 2.05) is 0 Å². The molecular formula is C16H22N2O2. The minimum Gasteiger partial charge on any atom is -0.468 e. The van der Waals surface area contributed by atoms with Gasteiger partial charge in [-0.05, 0) is 24.0 Å². The van der Waals surface area contributed by atoms with Crippen LogP contribution >= 0.6 is 0 Å². The van der Waals surface area contributed by atoms with Crippen molar-refractivity contribution in [3.8, 4) is 0 Å². The van der Waals surface area contributed by atoms with Gasteiger partial charge in [-0.1, -0.05) is 24.3 Å². The van der Waals surface area contributed by atoms with Gasteiger partial charge in [0.1, 0.15) is 5.54 Å². The van der Waals surface area contributed by atoms with Gasteiger partial charge in [-0.15, -0.1) is 0 Å². The average Bonchev–Trinajstić information content (AvgIpc) is 2.54. The summed E-state index contributed by atoms with van der Waals surface area (Å²) >= 11 is 0. The zero-order chi connectivity index (χ0) is 14.0. The summed E-state index contributed by atoms with van der Waals surface area (Å²) in [4.78, 5) is 14.8. The maximum Gasteiger partial charge on any atom is 0.326 e. The molecule has 1 N–H and O–H groups in total. The summed E-state index contributed by atoms with van der Waals surface area (Å²) in [6, 6.07) is 8.46. The molecule has 0 saturated carbocycles. The predicted octanol–water partition coefficient (Wildman–Crippen LogP) is 0.992. The number of methoxy groups -OCH3 is 1. The first-order valence-corrected chi connectivity index (χ1v) is 7.37. The summed E-state index contributed by atoms with van der Waals surface area (Å²) in [5, 5.41) is 3.35. The Morgan fingerprint density at radius 3 is 2.65 bits per heavy atom. The summed E-state index contributed by atoms with van der Waals surface area (Å²) in [6.07, 6.45) is 2.59. The van der Waals surface area contributed by atoms with E-state index in [1.54, 1.807) is 0 Å². The summed E-state index contributed by atoms with van der Waals surface area (Å²) in [5.74, 6) is -0.0751. The molecule has 1 aliphatic carbocycles. The number of nitrogens with zero attached hydrogens (tertiary/aromatic N) is 1. The van der Waals surface area contributed by atoms with Crippen molar-refractivity contribution < 1.29 is 9.53 Å². The first kappa shape index (κ1) is 13.6. The largest absolute Gasteiger partial charge is 0.468 e. The third-order valence-corrected chi connectivity index (χ3v) is 4.70. The van der Waals surface area contributed by atoms with E-state index in [0.29, 0.717) is 0 Å². The fraction of sp³-hybridized carbons (Fsp3) is 0.562. The first-order valence-electron chi connectivity index (χ1n) is 7.37.